The second-order valence-corrected chi connectivity index (χ2v) is 4.86. The Balaban J connectivity index is 2.17. The van der Waals surface area contributed by atoms with Gasteiger partial charge in [-0.15, -0.1) is 0 Å². The van der Waals surface area contributed by atoms with Crippen LogP contribution in [0.4, 0.5) is 0 Å². The summed E-state index contributed by atoms with van der Waals surface area (Å²) in [5.74, 6) is 0. The van der Waals surface area contributed by atoms with Crippen molar-refractivity contribution in [3.8, 4) is 0 Å². The quantitative estimate of drug-likeness (QED) is 0.566. The first kappa shape index (κ1) is 14.7. The van der Waals surface area contributed by atoms with Crippen LogP contribution in [0, 0.1) is 0 Å². The normalized spacial score (nSPS) is 28.6. The maximum absolute atomic E-state index is 9.66. The number of hydrogen-bond donors (Lipinski definition) is 3. The molecule has 1 aliphatic heterocycles. The molecule has 3 N–H and O–H groups in total. The van der Waals surface area contributed by atoms with Gasteiger partial charge in [0.25, 0.3) is 0 Å². The van der Waals surface area contributed by atoms with E-state index in [4.69, 9.17) is 0 Å². The molecule has 0 unspecified atom stereocenters. The van der Waals surface area contributed by atoms with Crippen molar-refractivity contribution in [2.45, 2.75) is 51.0 Å². The van der Waals surface area contributed by atoms with E-state index in [-0.39, 0.29) is 6.10 Å². The van der Waals surface area contributed by atoms with Crippen LogP contribution in [-0.2, 0) is 0 Å². The van der Waals surface area contributed by atoms with Gasteiger partial charge in [-0.1, -0.05) is 37.8 Å². The van der Waals surface area contributed by atoms with E-state index < -0.39 is 0 Å². The predicted octanol–water partition coefficient (Wildman–Crippen LogP) is 1.83. The van der Waals surface area contributed by atoms with Gasteiger partial charge >= 0.3 is 0 Å². The molecule has 1 aliphatic rings. The summed E-state index contributed by atoms with van der Waals surface area (Å²) >= 11 is 0. The maximum atomic E-state index is 9.66. The Kier molecular flexibility index (Phi) is 9.29. The number of aliphatic hydroxyl groups excluding tert-OH is 1. The van der Waals surface area contributed by atoms with Gasteiger partial charge in [0.1, 0.15) is 0 Å². The summed E-state index contributed by atoms with van der Waals surface area (Å²) < 4.78 is 0. The SMILES string of the molecule is O[C@@H]1/C=C\CNCCCCCCCCNCC1. The van der Waals surface area contributed by atoms with Crippen LogP contribution in [0.1, 0.15) is 44.9 Å². The van der Waals surface area contributed by atoms with Gasteiger partial charge < -0.3 is 15.7 Å². The lowest BCUT2D eigenvalue weighted by Crippen LogP contribution is -2.21. The van der Waals surface area contributed by atoms with Crippen molar-refractivity contribution < 1.29 is 5.11 Å². The Labute approximate surface area is 106 Å². The summed E-state index contributed by atoms with van der Waals surface area (Å²) in [5, 5.41) is 16.4. The van der Waals surface area contributed by atoms with Crippen molar-refractivity contribution in [1.82, 2.24) is 10.6 Å². The topological polar surface area (TPSA) is 44.3 Å². The molecule has 0 aromatic rings. The average molecular weight is 240 g/mol. The smallest absolute Gasteiger partial charge is 0.0733 e. The van der Waals surface area contributed by atoms with Crippen LogP contribution in [0.5, 0.6) is 0 Å². The molecule has 0 radical (unpaired) electrons. The fourth-order valence-electron chi connectivity index (χ4n) is 2.09. The minimum absolute atomic E-state index is 0.294. The summed E-state index contributed by atoms with van der Waals surface area (Å²) in [4.78, 5) is 0. The summed E-state index contributed by atoms with van der Waals surface area (Å²) in [6.07, 6.45) is 12.4. The summed E-state index contributed by atoms with van der Waals surface area (Å²) in [5.41, 5.74) is 0. The molecule has 3 heteroatoms. The van der Waals surface area contributed by atoms with Crippen molar-refractivity contribution in [2.24, 2.45) is 0 Å². The van der Waals surface area contributed by atoms with Crippen molar-refractivity contribution in [3.63, 3.8) is 0 Å². The Morgan fingerprint density at radius 2 is 1.47 bits per heavy atom. The van der Waals surface area contributed by atoms with Crippen molar-refractivity contribution >= 4 is 0 Å². The number of aliphatic hydroxyl groups is 1. The fourth-order valence-corrected chi connectivity index (χ4v) is 2.09. The first-order valence-corrected chi connectivity index (χ1v) is 7.16. The zero-order valence-corrected chi connectivity index (χ0v) is 11.0. The van der Waals surface area contributed by atoms with E-state index in [2.05, 4.69) is 10.6 Å². The van der Waals surface area contributed by atoms with Gasteiger partial charge in [0, 0.05) is 6.54 Å². The molecule has 1 atom stereocenters. The van der Waals surface area contributed by atoms with Crippen LogP contribution in [0.2, 0.25) is 0 Å². The molecule has 1 heterocycles. The molecular weight excluding hydrogens is 212 g/mol. The third kappa shape index (κ3) is 9.33. The second-order valence-electron chi connectivity index (χ2n) is 4.86. The third-order valence-corrected chi connectivity index (χ3v) is 3.19. The van der Waals surface area contributed by atoms with Gasteiger partial charge in [0.05, 0.1) is 6.10 Å². The first-order valence-electron chi connectivity index (χ1n) is 7.16. The molecule has 0 aromatic heterocycles. The van der Waals surface area contributed by atoms with Gasteiger partial charge in [0.2, 0.25) is 0 Å². The highest BCUT2D eigenvalue weighted by molar-refractivity contribution is 4.90. The summed E-state index contributed by atoms with van der Waals surface area (Å²) in [7, 11) is 0. The second kappa shape index (κ2) is 10.8. The minimum atomic E-state index is -0.294. The van der Waals surface area contributed by atoms with Gasteiger partial charge in [-0.05, 0) is 38.9 Å². The standard InChI is InChI=1S/C14H28N2O/c17-14-8-7-12-15-10-5-3-1-2-4-6-11-16-13-9-14/h7-8,14-17H,1-6,9-13H2/b8-7-/t14-/m1/s1. The molecule has 1 rings (SSSR count). The lowest BCUT2D eigenvalue weighted by Gasteiger charge is -2.08. The predicted molar refractivity (Wildman–Crippen MR) is 73.2 cm³/mol. The fraction of sp³-hybridized carbons (Fsp3) is 0.857. The molecule has 0 aliphatic carbocycles. The lowest BCUT2D eigenvalue weighted by atomic mass is 10.1. The van der Waals surface area contributed by atoms with E-state index in [0.717, 1.165) is 32.6 Å². The lowest BCUT2D eigenvalue weighted by molar-refractivity contribution is 0.211. The van der Waals surface area contributed by atoms with E-state index in [0.29, 0.717) is 0 Å². The molecule has 0 bridgehead atoms. The van der Waals surface area contributed by atoms with Crippen LogP contribution >= 0.6 is 0 Å². The average Bonchev–Trinajstić information content (AvgIpc) is 2.32. The largest absolute Gasteiger partial charge is 0.389 e. The zero-order valence-electron chi connectivity index (χ0n) is 11.0. The van der Waals surface area contributed by atoms with Gasteiger partial charge in [-0.3, -0.25) is 0 Å². The van der Waals surface area contributed by atoms with Crippen LogP contribution < -0.4 is 10.6 Å². The van der Waals surface area contributed by atoms with Crippen molar-refractivity contribution in [1.29, 1.82) is 0 Å². The van der Waals surface area contributed by atoms with Gasteiger partial charge in [0.15, 0.2) is 0 Å². The Morgan fingerprint density at radius 3 is 2.24 bits per heavy atom. The number of hydrogen-bond acceptors (Lipinski definition) is 3. The van der Waals surface area contributed by atoms with Gasteiger partial charge in [-0.25, -0.2) is 0 Å². The molecule has 0 aromatic carbocycles. The molecule has 0 saturated heterocycles. The maximum Gasteiger partial charge on any atom is 0.0733 e. The van der Waals surface area contributed by atoms with E-state index in [9.17, 15) is 5.11 Å². The van der Waals surface area contributed by atoms with Crippen LogP contribution in [0.25, 0.3) is 0 Å². The molecule has 100 valence electrons. The monoisotopic (exact) mass is 240 g/mol. The Bertz CT molecular complexity index is 195. The Hall–Kier alpha value is -0.380. The molecule has 0 saturated carbocycles. The highest BCUT2D eigenvalue weighted by Gasteiger charge is 1.98. The summed E-state index contributed by atoms with van der Waals surface area (Å²) in [6, 6.07) is 0. The van der Waals surface area contributed by atoms with E-state index in [1.165, 1.54) is 38.5 Å². The van der Waals surface area contributed by atoms with Gasteiger partial charge in [-0.2, -0.15) is 0 Å². The number of nitrogens with one attached hydrogen (secondary N) is 2. The third-order valence-electron chi connectivity index (χ3n) is 3.19. The molecule has 0 spiro atoms. The van der Waals surface area contributed by atoms with Crippen molar-refractivity contribution in [2.75, 3.05) is 26.2 Å². The van der Waals surface area contributed by atoms with E-state index in [1.807, 2.05) is 12.2 Å². The number of rotatable bonds is 0. The van der Waals surface area contributed by atoms with Crippen LogP contribution in [0.3, 0.4) is 0 Å². The Morgan fingerprint density at radius 1 is 0.824 bits per heavy atom. The molecule has 3 nitrogen and oxygen atoms in total. The highest BCUT2D eigenvalue weighted by atomic mass is 16.3. The van der Waals surface area contributed by atoms with E-state index >= 15 is 0 Å². The highest BCUT2D eigenvalue weighted by Crippen LogP contribution is 2.04. The van der Waals surface area contributed by atoms with Crippen LogP contribution in [0.15, 0.2) is 12.2 Å². The van der Waals surface area contributed by atoms with E-state index in [1.54, 1.807) is 0 Å². The van der Waals surface area contributed by atoms with Crippen LogP contribution in [-0.4, -0.2) is 37.4 Å². The molecule has 0 fully saturated rings. The summed E-state index contributed by atoms with van der Waals surface area (Å²) in [6.45, 7) is 3.99. The minimum Gasteiger partial charge on any atom is -0.389 e. The first-order chi connectivity index (χ1) is 8.39. The molecular formula is C14H28N2O. The van der Waals surface area contributed by atoms with Crippen molar-refractivity contribution in [3.05, 3.63) is 12.2 Å². The zero-order chi connectivity index (χ0) is 12.2. The molecule has 0 amide bonds. The molecule has 17 heavy (non-hydrogen) atoms.